The predicted octanol–water partition coefficient (Wildman–Crippen LogP) is 5.21. The third-order valence-corrected chi connectivity index (χ3v) is 5.02. The molecule has 10 heteroatoms. The van der Waals surface area contributed by atoms with Gasteiger partial charge in [0.2, 0.25) is 5.91 Å². The number of carbonyl (C=O) groups is 2. The number of hydrogen-bond donors (Lipinski definition) is 0. The highest BCUT2D eigenvalue weighted by atomic mass is 32.1. The number of alkyl halides is 3. The molecule has 0 unspecified atom stereocenters. The first-order valence-corrected chi connectivity index (χ1v) is 9.81. The normalized spacial score (nSPS) is 11.1. The maximum absolute atomic E-state index is 12.8. The van der Waals surface area contributed by atoms with Gasteiger partial charge in [-0.1, -0.05) is 18.2 Å². The Hall–Kier alpha value is -3.40. The van der Waals surface area contributed by atoms with Crippen LogP contribution in [0.25, 0.3) is 0 Å². The van der Waals surface area contributed by atoms with Gasteiger partial charge in [0.1, 0.15) is 12.4 Å². The molecule has 1 amide bonds. The van der Waals surface area contributed by atoms with Crippen molar-refractivity contribution in [2.45, 2.75) is 19.7 Å². The molecule has 0 N–H and O–H groups in total. The Labute approximate surface area is 179 Å². The van der Waals surface area contributed by atoms with Crippen molar-refractivity contribution in [1.82, 2.24) is 4.98 Å². The van der Waals surface area contributed by atoms with Gasteiger partial charge < -0.3 is 9.47 Å². The smallest absolute Gasteiger partial charge is 0.416 e. The summed E-state index contributed by atoms with van der Waals surface area (Å²) in [5, 5.41) is 1.93. The van der Waals surface area contributed by atoms with Crippen LogP contribution in [0.4, 0.5) is 24.0 Å². The van der Waals surface area contributed by atoms with Gasteiger partial charge in [0.15, 0.2) is 5.13 Å². The van der Waals surface area contributed by atoms with Crippen LogP contribution >= 0.6 is 11.3 Å². The maximum atomic E-state index is 12.8. The van der Waals surface area contributed by atoms with E-state index in [1.54, 1.807) is 29.6 Å². The summed E-state index contributed by atoms with van der Waals surface area (Å²) in [4.78, 5) is 30.1. The summed E-state index contributed by atoms with van der Waals surface area (Å²) in [5.41, 5.74) is -0.308. The third-order valence-electron chi connectivity index (χ3n) is 4.15. The molecule has 2 aromatic carbocycles. The summed E-state index contributed by atoms with van der Waals surface area (Å²) in [6.45, 7) is 1.12. The largest absolute Gasteiger partial charge is 0.495 e. The first kappa shape index (κ1) is 22.3. The van der Waals surface area contributed by atoms with Gasteiger partial charge in [-0.05, 0) is 30.3 Å². The second-order valence-corrected chi connectivity index (χ2v) is 7.14. The number of carbonyl (C=O) groups excluding carboxylic acids is 2. The van der Waals surface area contributed by atoms with Crippen LogP contribution in [0.1, 0.15) is 28.5 Å². The average molecular weight is 450 g/mol. The van der Waals surface area contributed by atoms with Gasteiger partial charge in [-0.3, -0.25) is 9.69 Å². The summed E-state index contributed by atoms with van der Waals surface area (Å²) in [6, 6.07) is 10.9. The molecular weight excluding hydrogens is 433 g/mol. The molecule has 3 rings (SSSR count). The molecule has 0 saturated carbocycles. The highest BCUT2D eigenvalue weighted by Gasteiger charge is 2.31. The number of thiazole rings is 1. The van der Waals surface area contributed by atoms with Crippen LogP contribution < -0.4 is 9.64 Å². The van der Waals surface area contributed by atoms with E-state index in [1.165, 1.54) is 25.0 Å². The Morgan fingerprint density at radius 1 is 1.13 bits per heavy atom. The summed E-state index contributed by atoms with van der Waals surface area (Å²) < 4.78 is 48.8. The maximum Gasteiger partial charge on any atom is 0.416 e. The molecule has 31 heavy (non-hydrogen) atoms. The monoisotopic (exact) mass is 450 g/mol. The summed E-state index contributed by atoms with van der Waals surface area (Å²) in [5.74, 6) is -0.731. The highest BCUT2D eigenvalue weighted by Crippen LogP contribution is 2.35. The zero-order valence-electron chi connectivity index (χ0n) is 16.5. The van der Waals surface area contributed by atoms with E-state index in [4.69, 9.17) is 9.47 Å². The Morgan fingerprint density at radius 3 is 2.55 bits per heavy atom. The standard InChI is InChI=1S/C21H17F3N2O4S/c1-13(27)26(17-8-3-4-9-18(17)29-2)20-25-16(12-31-20)11-30-19(28)14-6-5-7-15(10-14)21(22,23)24/h3-10,12H,11H2,1-2H3. The number of amides is 1. The van der Waals surface area contributed by atoms with Crippen molar-refractivity contribution in [3.8, 4) is 5.75 Å². The number of aromatic nitrogens is 1. The molecule has 0 spiro atoms. The number of ether oxygens (including phenoxy) is 2. The molecule has 0 radical (unpaired) electrons. The van der Waals surface area contributed by atoms with Gasteiger partial charge in [-0.25, -0.2) is 9.78 Å². The molecule has 0 saturated heterocycles. The minimum absolute atomic E-state index is 0.218. The van der Waals surface area contributed by atoms with Crippen LogP contribution in [0.15, 0.2) is 53.9 Å². The molecular formula is C21H17F3N2O4S. The van der Waals surface area contributed by atoms with Crippen molar-refractivity contribution in [1.29, 1.82) is 0 Å². The fourth-order valence-corrected chi connectivity index (χ4v) is 3.60. The van der Waals surface area contributed by atoms with E-state index in [1.807, 2.05) is 0 Å². The van der Waals surface area contributed by atoms with Gasteiger partial charge >= 0.3 is 12.1 Å². The van der Waals surface area contributed by atoms with Gasteiger partial charge in [-0.2, -0.15) is 13.2 Å². The van der Waals surface area contributed by atoms with Crippen molar-refractivity contribution in [2.24, 2.45) is 0 Å². The van der Waals surface area contributed by atoms with E-state index in [9.17, 15) is 22.8 Å². The Kier molecular flexibility index (Phi) is 6.59. The number of anilines is 2. The molecule has 162 valence electrons. The van der Waals surface area contributed by atoms with Crippen molar-refractivity contribution < 1.29 is 32.2 Å². The average Bonchev–Trinajstić information content (AvgIpc) is 3.20. The van der Waals surface area contributed by atoms with E-state index < -0.39 is 17.7 Å². The number of benzene rings is 2. The van der Waals surface area contributed by atoms with Crippen molar-refractivity contribution >= 4 is 34.0 Å². The molecule has 0 atom stereocenters. The van der Waals surface area contributed by atoms with Crippen LogP contribution in [0.5, 0.6) is 5.75 Å². The first-order chi connectivity index (χ1) is 14.7. The number of esters is 1. The lowest BCUT2D eigenvalue weighted by atomic mass is 10.1. The lowest BCUT2D eigenvalue weighted by Crippen LogP contribution is -2.23. The number of methoxy groups -OCH3 is 1. The molecule has 1 heterocycles. The molecule has 0 aliphatic carbocycles. The number of rotatable bonds is 6. The van der Waals surface area contributed by atoms with Crippen molar-refractivity contribution in [3.63, 3.8) is 0 Å². The minimum atomic E-state index is -4.56. The fourth-order valence-electron chi connectivity index (χ4n) is 2.73. The molecule has 0 fully saturated rings. The number of halogens is 3. The van der Waals surface area contributed by atoms with E-state index in [2.05, 4.69) is 4.98 Å². The molecule has 0 aliphatic rings. The highest BCUT2D eigenvalue weighted by molar-refractivity contribution is 7.14. The molecule has 0 aliphatic heterocycles. The lowest BCUT2D eigenvalue weighted by Gasteiger charge is -2.20. The lowest BCUT2D eigenvalue weighted by molar-refractivity contribution is -0.137. The molecule has 0 bridgehead atoms. The Balaban J connectivity index is 1.75. The SMILES string of the molecule is COc1ccccc1N(C(C)=O)c1nc(COC(=O)c2cccc(C(F)(F)F)c2)cs1. The summed E-state index contributed by atoms with van der Waals surface area (Å²) in [6.07, 6.45) is -4.56. The van der Waals surface area contributed by atoms with Crippen LogP contribution in [-0.2, 0) is 22.3 Å². The van der Waals surface area contributed by atoms with E-state index in [0.717, 1.165) is 29.5 Å². The van der Waals surface area contributed by atoms with Crippen LogP contribution in [0.2, 0.25) is 0 Å². The van der Waals surface area contributed by atoms with Gasteiger partial charge in [-0.15, -0.1) is 11.3 Å². The Morgan fingerprint density at radius 2 is 1.87 bits per heavy atom. The molecule has 1 aromatic heterocycles. The van der Waals surface area contributed by atoms with Gasteiger partial charge in [0.05, 0.1) is 29.6 Å². The van der Waals surface area contributed by atoms with Crippen LogP contribution in [0, 0.1) is 0 Å². The first-order valence-electron chi connectivity index (χ1n) is 8.93. The second kappa shape index (κ2) is 9.17. The zero-order chi connectivity index (χ0) is 22.6. The second-order valence-electron chi connectivity index (χ2n) is 6.30. The van der Waals surface area contributed by atoms with E-state index >= 15 is 0 Å². The minimum Gasteiger partial charge on any atom is -0.495 e. The van der Waals surface area contributed by atoms with Crippen molar-refractivity contribution in [2.75, 3.05) is 12.0 Å². The van der Waals surface area contributed by atoms with E-state index in [0.29, 0.717) is 22.3 Å². The summed E-state index contributed by atoms with van der Waals surface area (Å²) >= 11 is 1.15. The number of hydrogen-bond acceptors (Lipinski definition) is 6. The number of para-hydroxylation sites is 2. The number of nitrogens with zero attached hydrogens (tertiary/aromatic N) is 2. The van der Waals surface area contributed by atoms with E-state index in [-0.39, 0.29) is 18.1 Å². The predicted molar refractivity (Wildman–Crippen MR) is 108 cm³/mol. The fraction of sp³-hybridized carbons (Fsp3) is 0.190. The third kappa shape index (κ3) is 5.21. The molecule has 6 nitrogen and oxygen atoms in total. The topological polar surface area (TPSA) is 68.7 Å². The van der Waals surface area contributed by atoms with Crippen LogP contribution in [0.3, 0.4) is 0 Å². The summed E-state index contributed by atoms with van der Waals surface area (Å²) in [7, 11) is 1.48. The Bertz CT molecular complexity index is 1100. The van der Waals surface area contributed by atoms with Gasteiger partial charge in [0.25, 0.3) is 0 Å². The quantitative estimate of drug-likeness (QED) is 0.482. The van der Waals surface area contributed by atoms with Gasteiger partial charge in [0, 0.05) is 12.3 Å². The van der Waals surface area contributed by atoms with Crippen molar-refractivity contribution in [3.05, 3.63) is 70.7 Å². The zero-order valence-corrected chi connectivity index (χ0v) is 17.3. The molecule has 3 aromatic rings. The van der Waals surface area contributed by atoms with Crippen LogP contribution in [-0.4, -0.2) is 24.0 Å².